The average molecular weight is 404 g/mol. The van der Waals surface area contributed by atoms with Crippen molar-refractivity contribution in [2.75, 3.05) is 31.2 Å². The molecule has 0 amide bonds. The van der Waals surface area contributed by atoms with Gasteiger partial charge in [-0.2, -0.15) is 0 Å². The highest BCUT2D eigenvalue weighted by Gasteiger charge is 2.34. The van der Waals surface area contributed by atoms with Gasteiger partial charge in [0.25, 0.3) is 0 Å². The number of morpholine rings is 1. The number of aromatic nitrogens is 1. The van der Waals surface area contributed by atoms with Crippen molar-refractivity contribution in [3.05, 3.63) is 35.5 Å². The predicted octanol–water partition coefficient (Wildman–Crippen LogP) is 4.47. The van der Waals surface area contributed by atoms with Gasteiger partial charge in [0.05, 0.1) is 36.8 Å². The maximum atomic E-state index is 15.5. The number of benzene rings is 1. The van der Waals surface area contributed by atoms with Crippen LogP contribution in [0.25, 0.3) is 11.5 Å². The van der Waals surface area contributed by atoms with Crippen LogP contribution >= 0.6 is 0 Å². The van der Waals surface area contributed by atoms with E-state index < -0.39 is 6.29 Å². The van der Waals surface area contributed by atoms with E-state index in [1.807, 2.05) is 31.7 Å². The molecule has 0 aliphatic carbocycles. The highest BCUT2D eigenvalue weighted by molar-refractivity contribution is 5.65. The summed E-state index contributed by atoms with van der Waals surface area (Å²) in [5.41, 5.74) is 2.40. The van der Waals surface area contributed by atoms with Crippen molar-refractivity contribution in [2.24, 2.45) is 5.41 Å². The third-order valence-electron chi connectivity index (χ3n) is 5.20. The minimum absolute atomic E-state index is 0.00666. The number of nitrogens with zero attached hydrogens (tertiary/aromatic N) is 2. The quantitative estimate of drug-likeness (QED) is 0.752. The standard InChI is InChI=1S/C22H29FN2O4/c1-13-10-26-20(24-13)16-6-17(21-27-11-22(4,5)12-28-21)19(18(23)7-16)25-8-14(2)29-15(3)9-25/h6-7,10,14-15,21H,8-9,11-12H2,1-5H3. The Morgan fingerprint density at radius 1 is 1.10 bits per heavy atom. The first kappa shape index (κ1) is 20.3. The van der Waals surface area contributed by atoms with Crippen molar-refractivity contribution in [3.63, 3.8) is 0 Å². The molecule has 2 aliphatic rings. The molecule has 4 rings (SSSR count). The van der Waals surface area contributed by atoms with Crippen LogP contribution in [0.3, 0.4) is 0 Å². The number of anilines is 1. The molecule has 2 aliphatic heterocycles. The van der Waals surface area contributed by atoms with Gasteiger partial charge in [0.2, 0.25) is 5.89 Å². The van der Waals surface area contributed by atoms with E-state index in [2.05, 4.69) is 18.8 Å². The number of rotatable bonds is 3. The summed E-state index contributed by atoms with van der Waals surface area (Å²) in [6.45, 7) is 12.3. The highest BCUT2D eigenvalue weighted by Crippen LogP contribution is 2.40. The molecule has 0 bridgehead atoms. The Morgan fingerprint density at radius 3 is 2.34 bits per heavy atom. The lowest BCUT2D eigenvalue weighted by atomic mass is 9.95. The van der Waals surface area contributed by atoms with E-state index in [0.29, 0.717) is 49.0 Å². The Morgan fingerprint density at radius 2 is 1.76 bits per heavy atom. The highest BCUT2D eigenvalue weighted by atomic mass is 19.1. The molecule has 7 heteroatoms. The van der Waals surface area contributed by atoms with E-state index >= 15 is 4.39 Å². The first-order chi connectivity index (χ1) is 13.7. The number of halogens is 1. The second-order valence-electron chi connectivity index (χ2n) is 8.97. The lowest BCUT2D eigenvalue weighted by Gasteiger charge is -2.40. The van der Waals surface area contributed by atoms with Gasteiger partial charge in [-0.05, 0) is 32.9 Å². The lowest BCUT2D eigenvalue weighted by Crippen LogP contribution is -2.46. The molecule has 0 saturated carbocycles. The summed E-state index contributed by atoms with van der Waals surface area (Å²) in [5, 5.41) is 0. The van der Waals surface area contributed by atoms with Crippen LogP contribution in [0.1, 0.15) is 45.2 Å². The Labute approximate surface area is 171 Å². The summed E-state index contributed by atoms with van der Waals surface area (Å²) in [6.07, 6.45) is 0.929. The number of hydrogen-bond donors (Lipinski definition) is 0. The van der Waals surface area contributed by atoms with Crippen LogP contribution in [0, 0.1) is 18.2 Å². The summed E-state index contributed by atoms with van der Waals surface area (Å²) in [7, 11) is 0. The number of oxazole rings is 1. The Balaban J connectivity index is 1.76. The van der Waals surface area contributed by atoms with Crippen LogP contribution in [-0.2, 0) is 14.2 Å². The van der Waals surface area contributed by atoms with Crippen molar-refractivity contribution in [1.29, 1.82) is 0 Å². The summed E-state index contributed by atoms with van der Waals surface area (Å²) >= 11 is 0. The molecule has 0 radical (unpaired) electrons. The molecule has 2 atom stereocenters. The number of hydrogen-bond acceptors (Lipinski definition) is 6. The Bertz CT molecular complexity index is 862. The predicted molar refractivity (Wildman–Crippen MR) is 107 cm³/mol. The Kier molecular flexibility index (Phi) is 5.40. The molecule has 3 heterocycles. The second kappa shape index (κ2) is 7.70. The lowest BCUT2D eigenvalue weighted by molar-refractivity contribution is -0.226. The fourth-order valence-corrected chi connectivity index (χ4v) is 3.98. The van der Waals surface area contributed by atoms with E-state index in [1.54, 1.807) is 6.26 Å². The van der Waals surface area contributed by atoms with Gasteiger partial charge in [-0.25, -0.2) is 9.37 Å². The molecule has 0 N–H and O–H groups in total. The fraction of sp³-hybridized carbons (Fsp3) is 0.591. The summed E-state index contributed by atoms with van der Waals surface area (Å²) in [4.78, 5) is 6.38. The van der Waals surface area contributed by atoms with Gasteiger partial charge < -0.3 is 23.5 Å². The van der Waals surface area contributed by atoms with Crippen LogP contribution in [0.15, 0.2) is 22.8 Å². The molecular weight excluding hydrogens is 375 g/mol. The molecule has 2 saturated heterocycles. The average Bonchev–Trinajstić information content (AvgIpc) is 3.06. The van der Waals surface area contributed by atoms with Crippen LogP contribution in [0.5, 0.6) is 0 Å². The molecule has 0 spiro atoms. The molecule has 1 aromatic heterocycles. The van der Waals surface area contributed by atoms with Crippen LogP contribution in [-0.4, -0.2) is 43.5 Å². The molecular formula is C22H29FN2O4. The van der Waals surface area contributed by atoms with Gasteiger partial charge >= 0.3 is 0 Å². The van der Waals surface area contributed by atoms with Gasteiger partial charge in [0.15, 0.2) is 6.29 Å². The molecule has 2 unspecified atom stereocenters. The summed E-state index contributed by atoms with van der Waals surface area (Å²) in [6, 6.07) is 3.35. The number of ether oxygens (including phenoxy) is 3. The van der Waals surface area contributed by atoms with Crippen LogP contribution < -0.4 is 4.90 Å². The number of aryl methyl sites for hydroxylation is 1. The van der Waals surface area contributed by atoms with Gasteiger partial charge in [-0.3, -0.25) is 0 Å². The smallest absolute Gasteiger partial charge is 0.226 e. The summed E-state index contributed by atoms with van der Waals surface area (Å²) in [5.74, 6) is 0.0424. The molecule has 158 valence electrons. The monoisotopic (exact) mass is 404 g/mol. The minimum atomic E-state index is -0.642. The first-order valence-corrected chi connectivity index (χ1v) is 10.1. The largest absolute Gasteiger partial charge is 0.444 e. The Hall–Kier alpha value is -1.96. The maximum Gasteiger partial charge on any atom is 0.226 e. The van der Waals surface area contributed by atoms with Gasteiger partial charge in [0.1, 0.15) is 12.1 Å². The van der Waals surface area contributed by atoms with Gasteiger partial charge in [0, 0.05) is 29.6 Å². The zero-order valence-electron chi connectivity index (χ0n) is 17.7. The van der Waals surface area contributed by atoms with Crippen LogP contribution in [0.2, 0.25) is 0 Å². The van der Waals surface area contributed by atoms with E-state index in [0.717, 1.165) is 5.69 Å². The third kappa shape index (κ3) is 4.32. The fourth-order valence-electron chi connectivity index (χ4n) is 3.98. The molecule has 2 fully saturated rings. The van der Waals surface area contributed by atoms with Gasteiger partial charge in [-0.15, -0.1) is 0 Å². The summed E-state index contributed by atoms with van der Waals surface area (Å²) < 4.78 is 38.9. The van der Waals surface area contributed by atoms with Crippen molar-refractivity contribution in [1.82, 2.24) is 4.98 Å². The zero-order chi connectivity index (χ0) is 20.8. The minimum Gasteiger partial charge on any atom is -0.444 e. The van der Waals surface area contributed by atoms with E-state index in [4.69, 9.17) is 18.6 Å². The molecule has 29 heavy (non-hydrogen) atoms. The maximum absolute atomic E-state index is 15.5. The molecule has 1 aromatic carbocycles. The van der Waals surface area contributed by atoms with Crippen molar-refractivity contribution < 1.29 is 23.0 Å². The third-order valence-corrected chi connectivity index (χ3v) is 5.20. The van der Waals surface area contributed by atoms with E-state index in [-0.39, 0.29) is 23.4 Å². The van der Waals surface area contributed by atoms with E-state index in [9.17, 15) is 0 Å². The zero-order valence-corrected chi connectivity index (χ0v) is 17.7. The first-order valence-electron chi connectivity index (χ1n) is 10.1. The molecule has 6 nitrogen and oxygen atoms in total. The van der Waals surface area contributed by atoms with Crippen molar-refractivity contribution >= 4 is 5.69 Å². The molecule has 2 aromatic rings. The topological polar surface area (TPSA) is 57.0 Å². The SMILES string of the molecule is Cc1coc(-c2cc(F)c(N3CC(C)OC(C)C3)c(C3OCC(C)(C)CO3)c2)n1. The van der Waals surface area contributed by atoms with E-state index in [1.165, 1.54) is 6.07 Å². The van der Waals surface area contributed by atoms with Crippen molar-refractivity contribution in [3.8, 4) is 11.5 Å². The second-order valence-corrected chi connectivity index (χ2v) is 8.97. The normalized spacial score (nSPS) is 25.4. The van der Waals surface area contributed by atoms with Gasteiger partial charge in [-0.1, -0.05) is 13.8 Å². The van der Waals surface area contributed by atoms with Crippen LogP contribution in [0.4, 0.5) is 10.1 Å². The van der Waals surface area contributed by atoms with Crippen molar-refractivity contribution in [2.45, 2.75) is 53.1 Å².